The molecule has 7 nitrogen and oxygen atoms in total. The highest BCUT2D eigenvalue weighted by Crippen LogP contribution is 2.29. The maximum absolute atomic E-state index is 14.5. The number of alkyl carbamates (subject to hydrolysis) is 1. The first-order chi connectivity index (χ1) is 19.8. The molecule has 1 aliphatic carbocycles. The van der Waals surface area contributed by atoms with Crippen LogP contribution in [-0.4, -0.2) is 47.0 Å². The van der Waals surface area contributed by atoms with Gasteiger partial charge in [-0.15, -0.1) is 0 Å². The molecular formula is C35H59N3O4. The first-order valence-electron chi connectivity index (χ1n) is 16.5. The quantitative estimate of drug-likeness (QED) is 0.205. The molecule has 1 saturated carbocycles. The van der Waals surface area contributed by atoms with Gasteiger partial charge in [-0.25, -0.2) is 4.79 Å². The maximum Gasteiger partial charge on any atom is 0.408 e. The molecule has 1 aliphatic rings. The molecule has 7 heteroatoms. The number of nitrogens with one attached hydrogen (secondary N) is 2. The Morgan fingerprint density at radius 3 is 2.24 bits per heavy atom. The predicted octanol–water partition coefficient (Wildman–Crippen LogP) is 7.92. The second-order valence-corrected chi connectivity index (χ2v) is 13.7. The Morgan fingerprint density at radius 1 is 0.976 bits per heavy atom. The predicted molar refractivity (Wildman–Crippen MR) is 171 cm³/mol. The summed E-state index contributed by atoms with van der Waals surface area (Å²) in [6.07, 6.45) is 11.6. The van der Waals surface area contributed by atoms with Gasteiger partial charge in [0.2, 0.25) is 11.8 Å². The fraction of sp³-hybridized carbons (Fsp3) is 0.743. The molecule has 0 aromatic heterocycles. The summed E-state index contributed by atoms with van der Waals surface area (Å²) in [5, 5.41) is 6.20. The van der Waals surface area contributed by atoms with Crippen molar-refractivity contribution in [2.75, 3.05) is 6.54 Å². The van der Waals surface area contributed by atoms with Crippen LogP contribution in [0.3, 0.4) is 0 Å². The topological polar surface area (TPSA) is 87.7 Å². The zero-order valence-electron chi connectivity index (χ0n) is 27.8. The van der Waals surface area contributed by atoms with Gasteiger partial charge in [0.25, 0.3) is 0 Å². The summed E-state index contributed by atoms with van der Waals surface area (Å²) in [5.74, 6) is -0.205. The smallest absolute Gasteiger partial charge is 0.408 e. The molecule has 0 radical (unpaired) electrons. The van der Waals surface area contributed by atoms with E-state index in [1.807, 2.05) is 66.7 Å². The van der Waals surface area contributed by atoms with Gasteiger partial charge in [-0.1, -0.05) is 95.9 Å². The number of nitrogens with zero attached hydrogens (tertiary/aromatic N) is 1. The molecule has 0 aliphatic heterocycles. The van der Waals surface area contributed by atoms with Crippen LogP contribution in [0.4, 0.5) is 4.79 Å². The van der Waals surface area contributed by atoms with Crippen LogP contribution in [0.5, 0.6) is 0 Å². The third kappa shape index (κ3) is 12.3. The van der Waals surface area contributed by atoms with E-state index in [9.17, 15) is 14.4 Å². The number of unbranched alkanes of at least 4 members (excludes halogenated alkanes) is 5. The van der Waals surface area contributed by atoms with Crippen molar-refractivity contribution in [1.29, 1.82) is 0 Å². The van der Waals surface area contributed by atoms with Crippen LogP contribution in [0.25, 0.3) is 0 Å². The van der Waals surface area contributed by atoms with Crippen molar-refractivity contribution in [3.8, 4) is 0 Å². The molecule has 0 spiro atoms. The number of hydrogen-bond acceptors (Lipinski definition) is 4. The number of aryl methyl sites for hydroxylation is 2. The molecule has 42 heavy (non-hydrogen) atoms. The van der Waals surface area contributed by atoms with Crippen molar-refractivity contribution in [2.45, 2.75) is 156 Å². The van der Waals surface area contributed by atoms with Crippen LogP contribution in [0.1, 0.15) is 141 Å². The third-order valence-electron chi connectivity index (χ3n) is 7.97. The van der Waals surface area contributed by atoms with Crippen molar-refractivity contribution in [3.05, 3.63) is 34.9 Å². The second-order valence-electron chi connectivity index (χ2n) is 13.7. The van der Waals surface area contributed by atoms with Gasteiger partial charge in [-0.2, -0.15) is 0 Å². The van der Waals surface area contributed by atoms with E-state index in [1.54, 1.807) is 4.90 Å². The van der Waals surface area contributed by atoms with Gasteiger partial charge in [-0.3, -0.25) is 9.59 Å². The number of benzene rings is 1. The van der Waals surface area contributed by atoms with E-state index in [0.29, 0.717) is 13.0 Å². The minimum absolute atomic E-state index is 0.121. The van der Waals surface area contributed by atoms with Gasteiger partial charge < -0.3 is 20.3 Å². The van der Waals surface area contributed by atoms with E-state index in [-0.39, 0.29) is 23.8 Å². The maximum atomic E-state index is 14.5. The number of ether oxygens (including phenoxy) is 1. The molecule has 1 aromatic carbocycles. The molecule has 0 bridgehead atoms. The molecule has 2 rings (SSSR count). The molecule has 238 valence electrons. The van der Waals surface area contributed by atoms with E-state index in [4.69, 9.17) is 4.74 Å². The zero-order valence-corrected chi connectivity index (χ0v) is 27.8. The highest BCUT2D eigenvalue weighted by molar-refractivity contribution is 5.92. The van der Waals surface area contributed by atoms with Gasteiger partial charge in [0.15, 0.2) is 0 Å². The number of rotatable bonds is 15. The molecule has 2 unspecified atom stereocenters. The number of carbonyl (C=O) groups excluding carboxylic acids is 3. The van der Waals surface area contributed by atoms with Crippen LogP contribution in [-0.2, 0) is 14.3 Å². The fourth-order valence-corrected chi connectivity index (χ4v) is 5.80. The van der Waals surface area contributed by atoms with E-state index in [0.717, 1.165) is 61.6 Å². The SMILES string of the molecule is CCCCCCCCN(C(=O)C(CC(C)C)NC(=O)OC(C)(C)C)C(C(=O)NC1CCCCC1)c1cc(C)ccc1C. The van der Waals surface area contributed by atoms with Gasteiger partial charge in [0.1, 0.15) is 17.7 Å². The summed E-state index contributed by atoms with van der Waals surface area (Å²) < 4.78 is 5.54. The largest absolute Gasteiger partial charge is 0.444 e. The number of carbonyl (C=O) groups is 3. The lowest BCUT2D eigenvalue weighted by Crippen LogP contribution is -2.54. The van der Waals surface area contributed by atoms with Crippen LogP contribution in [0.15, 0.2) is 18.2 Å². The highest BCUT2D eigenvalue weighted by Gasteiger charge is 2.37. The molecule has 1 fully saturated rings. The van der Waals surface area contributed by atoms with Crippen LogP contribution in [0.2, 0.25) is 0 Å². The molecule has 2 atom stereocenters. The Balaban J connectivity index is 2.49. The minimum atomic E-state index is -0.796. The van der Waals surface area contributed by atoms with Gasteiger partial charge in [0.05, 0.1) is 0 Å². The average molecular weight is 586 g/mol. The van der Waals surface area contributed by atoms with Crippen molar-refractivity contribution in [3.63, 3.8) is 0 Å². The first-order valence-corrected chi connectivity index (χ1v) is 16.5. The van der Waals surface area contributed by atoms with Crippen molar-refractivity contribution >= 4 is 17.9 Å². The lowest BCUT2D eigenvalue weighted by Gasteiger charge is -2.37. The Hall–Kier alpha value is -2.57. The van der Waals surface area contributed by atoms with Crippen molar-refractivity contribution in [2.24, 2.45) is 5.92 Å². The molecule has 2 N–H and O–H groups in total. The van der Waals surface area contributed by atoms with Crippen molar-refractivity contribution < 1.29 is 19.1 Å². The summed E-state index contributed by atoms with van der Waals surface area (Å²) in [6, 6.07) is 4.67. The summed E-state index contributed by atoms with van der Waals surface area (Å²) in [6.45, 7) is 16.2. The number of hydrogen-bond donors (Lipinski definition) is 2. The lowest BCUT2D eigenvalue weighted by molar-refractivity contribution is -0.143. The van der Waals surface area contributed by atoms with Crippen molar-refractivity contribution in [1.82, 2.24) is 15.5 Å². The fourth-order valence-electron chi connectivity index (χ4n) is 5.80. The summed E-state index contributed by atoms with van der Waals surface area (Å²) >= 11 is 0. The molecule has 0 heterocycles. The summed E-state index contributed by atoms with van der Waals surface area (Å²) in [4.78, 5) is 43.4. The first kappa shape index (κ1) is 35.6. The monoisotopic (exact) mass is 585 g/mol. The Kier molecular flexibility index (Phi) is 14.9. The normalized spacial score (nSPS) is 15.6. The standard InChI is InChI=1S/C35H59N3O4/c1-9-10-11-12-13-17-22-38(33(40)30(23-25(2)3)37-34(41)42-35(6,7)8)31(29-24-26(4)20-21-27(29)5)32(39)36-28-18-15-14-16-19-28/h20-21,24-25,28,30-31H,9-19,22-23H2,1-8H3,(H,36,39)(H,37,41). The zero-order chi connectivity index (χ0) is 31.3. The van der Waals surface area contributed by atoms with Crippen LogP contribution in [0, 0.1) is 19.8 Å². The van der Waals surface area contributed by atoms with Gasteiger partial charge in [-0.05, 0) is 77.3 Å². The Labute approximate surface area is 255 Å². The second kappa shape index (κ2) is 17.5. The summed E-state index contributed by atoms with van der Waals surface area (Å²) in [7, 11) is 0. The lowest BCUT2D eigenvalue weighted by atomic mass is 9.92. The number of amides is 3. The van der Waals surface area contributed by atoms with Crippen LogP contribution >= 0.6 is 0 Å². The third-order valence-corrected chi connectivity index (χ3v) is 7.97. The molecular weight excluding hydrogens is 526 g/mol. The minimum Gasteiger partial charge on any atom is -0.444 e. The van der Waals surface area contributed by atoms with E-state index >= 15 is 0 Å². The highest BCUT2D eigenvalue weighted by atomic mass is 16.6. The summed E-state index contributed by atoms with van der Waals surface area (Å²) in [5.41, 5.74) is 2.19. The average Bonchev–Trinajstić information content (AvgIpc) is 2.90. The molecule has 3 amide bonds. The van der Waals surface area contributed by atoms with E-state index < -0.39 is 23.8 Å². The van der Waals surface area contributed by atoms with E-state index in [1.165, 1.54) is 25.7 Å². The van der Waals surface area contributed by atoms with E-state index in [2.05, 4.69) is 17.6 Å². The van der Waals surface area contributed by atoms with Gasteiger partial charge in [0, 0.05) is 12.6 Å². The Bertz CT molecular complexity index is 994. The molecule has 0 saturated heterocycles. The molecule has 1 aromatic rings. The van der Waals surface area contributed by atoms with Gasteiger partial charge >= 0.3 is 6.09 Å². The Morgan fingerprint density at radius 2 is 1.62 bits per heavy atom. The van der Waals surface area contributed by atoms with Crippen LogP contribution < -0.4 is 10.6 Å².